The highest BCUT2D eigenvalue weighted by atomic mass is 35.5. The van der Waals surface area contributed by atoms with E-state index in [0.29, 0.717) is 0 Å². The summed E-state index contributed by atoms with van der Waals surface area (Å²) in [5, 5.41) is 29.9. The third-order valence-electron chi connectivity index (χ3n) is 5.21. The summed E-state index contributed by atoms with van der Waals surface area (Å²) in [7, 11) is 0. The first-order chi connectivity index (χ1) is 14.2. The molecule has 158 valence electrons. The number of nitrogens with zero attached hydrogens (tertiary/aromatic N) is 1. The predicted molar refractivity (Wildman–Crippen MR) is 112 cm³/mol. The number of fused-ring (bicyclic) bond motifs is 1. The van der Waals surface area contributed by atoms with Gasteiger partial charge in [-0.05, 0) is 29.2 Å². The van der Waals surface area contributed by atoms with E-state index in [1.807, 2.05) is 13.8 Å². The number of hydrogen-bond donors (Lipinski definition) is 3. The van der Waals surface area contributed by atoms with Crippen molar-refractivity contribution in [2.45, 2.75) is 26.3 Å². The van der Waals surface area contributed by atoms with Gasteiger partial charge in [-0.25, -0.2) is 9.18 Å². The molecule has 3 rings (SSSR count). The number of phenolic OH excluding ortho intramolecular Hbond substituents is 1. The normalized spacial score (nSPS) is 12.5. The van der Waals surface area contributed by atoms with E-state index in [2.05, 4.69) is 0 Å². The molecule has 0 bridgehead atoms. The first kappa shape index (κ1) is 21.8. The molecule has 3 aromatic rings. The van der Waals surface area contributed by atoms with Crippen LogP contribution in [0.25, 0.3) is 10.9 Å². The molecule has 0 aliphatic carbocycles. The Labute approximate surface area is 176 Å². The van der Waals surface area contributed by atoms with Crippen molar-refractivity contribution in [1.29, 1.82) is 0 Å². The van der Waals surface area contributed by atoms with E-state index in [4.69, 9.17) is 11.6 Å². The third-order valence-corrected chi connectivity index (χ3v) is 5.51. The molecule has 0 amide bonds. The molecular weight excluding hydrogens is 413 g/mol. The van der Waals surface area contributed by atoms with Crippen LogP contribution in [0.3, 0.4) is 0 Å². The molecule has 1 heterocycles. The average molecular weight is 434 g/mol. The van der Waals surface area contributed by atoms with E-state index in [-0.39, 0.29) is 46.0 Å². The van der Waals surface area contributed by atoms with Crippen molar-refractivity contribution in [1.82, 2.24) is 4.57 Å². The van der Waals surface area contributed by atoms with E-state index in [1.165, 1.54) is 22.9 Å². The summed E-state index contributed by atoms with van der Waals surface area (Å²) < 4.78 is 15.8. The summed E-state index contributed by atoms with van der Waals surface area (Å²) in [5.74, 6) is -2.57. The smallest absolute Gasteiger partial charge is 0.341 e. The van der Waals surface area contributed by atoms with Gasteiger partial charge < -0.3 is 19.9 Å². The molecule has 0 aliphatic heterocycles. The van der Waals surface area contributed by atoms with Crippen molar-refractivity contribution in [3.63, 3.8) is 0 Å². The second kappa shape index (κ2) is 8.45. The largest absolute Gasteiger partial charge is 0.507 e. The highest BCUT2D eigenvalue weighted by molar-refractivity contribution is 6.30. The number of aromatic nitrogens is 1. The quantitative estimate of drug-likeness (QED) is 0.546. The number of halogens is 2. The van der Waals surface area contributed by atoms with Crippen LogP contribution < -0.4 is 5.43 Å². The fourth-order valence-electron chi connectivity index (χ4n) is 3.54. The van der Waals surface area contributed by atoms with E-state index < -0.39 is 34.6 Å². The number of aromatic hydroxyl groups is 1. The van der Waals surface area contributed by atoms with Crippen molar-refractivity contribution in [2.75, 3.05) is 6.61 Å². The zero-order valence-electron chi connectivity index (χ0n) is 16.4. The average Bonchev–Trinajstić information content (AvgIpc) is 2.68. The van der Waals surface area contributed by atoms with Gasteiger partial charge in [0.25, 0.3) is 0 Å². The maximum atomic E-state index is 14.3. The molecule has 6 nitrogen and oxygen atoms in total. The number of rotatable bonds is 6. The third kappa shape index (κ3) is 3.78. The molecule has 2 aromatic carbocycles. The van der Waals surface area contributed by atoms with Crippen LogP contribution in [-0.4, -0.2) is 32.5 Å². The van der Waals surface area contributed by atoms with Crippen LogP contribution >= 0.6 is 11.6 Å². The Hall–Kier alpha value is -2.90. The van der Waals surface area contributed by atoms with Gasteiger partial charge in [-0.2, -0.15) is 0 Å². The van der Waals surface area contributed by atoms with Crippen LogP contribution in [0.4, 0.5) is 4.39 Å². The topological polar surface area (TPSA) is 99.8 Å². The molecule has 0 spiro atoms. The highest BCUT2D eigenvalue weighted by Crippen LogP contribution is 2.32. The lowest BCUT2D eigenvalue weighted by molar-refractivity contribution is 0.0694. The second-order valence-corrected chi connectivity index (χ2v) is 7.84. The molecule has 30 heavy (non-hydrogen) atoms. The maximum Gasteiger partial charge on any atom is 0.341 e. The second-order valence-electron chi connectivity index (χ2n) is 7.44. The van der Waals surface area contributed by atoms with Gasteiger partial charge in [-0.15, -0.1) is 0 Å². The van der Waals surface area contributed by atoms with Crippen molar-refractivity contribution < 1.29 is 24.5 Å². The Morgan fingerprint density at radius 3 is 2.50 bits per heavy atom. The highest BCUT2D eigenvalue weighted by Gasteiger charge is 2.24. The number of hydrogen-bond acceptors (Lipinski definition) is 4. The lowest BCUT2D eigenvalue weighted by atomic mass is 9.98. The van der Waals surface area contributed by atoms with E-state index >= 15 is 0 Å². The molecule has 0 saturated heterocycles. The van der Waals surface area contributed by atoms with Crippen molar-refractivity contribution >= 4 is 28.5 Å². The minimum atomic E-state index is -1.44. The molecule has 1 atom stereocenters. The van der Waals surface area contributed by atoms with Gasteiger partial charge in [0.15, 0.2) is 0 Å². The Kier molecular flexibility index (Phi) is 6.14. The SMILES string of the molecule is CC(C)[C@@H](CO)n1cc(C(=O)O)c(=O)c2c(O)c(Cc3cccc(Cl)c3F)ccc21. The summed E-state index contributed by atoms with van der Waals surface area (Å²) in [6.07, 6.45) is 1.14. The Morgan fingerprint density at radius 2 is 1.90 bits per heavy atom. The lowest BCUT2D eigenvalue weighted by Crippen LogP contribution is -2.25. The number of benzene rings is 2. The monoisotopic (exact) mass is 433 g/mol. The predicted octanol–water partition coefficient (Wildman–Crippen LogP) is 3.98. The van der Waals surface area contributed by atoms with Gasteiger partial charge in [0.2, 0.25) is 5.43 Å². The van der Waals surface area contributed by atoms with Gasteiger partial charge in [-0.1, -0.05) is 43.6 Å². The molecule has 0 saturated carbocycles. The molecule has 0 unspecified atom stereocenters. The van der Waals surface area contributed by atoms with Gasteiger partial charge in [-0.3, -0.25) is 4.79 Å². The van der Waals surface area contributed by atoms with Crippen LogP contribution in [0.5, 0.6) is 5.75 Å². The number of carboxylic acids is 1. The minimum absolute atomic E-state index is 0.0431. The number of aromatic carboxylic acids is 1. The summed E-state index contributed by atoms with van der Waals surface area (Å²) in [6, 6.07) is 7.08. The summed E-state index contributed by atoms with van der Waals surface area (Å²) in [5.41, 5.74) is -0.615. The van der Waals surface area contributed by atoms with Crippen LogP contribution in [0, 0.1) is 11.7 Å². The number of pyridine rings is 1. The molecular formula is C22H21ClFNO5. The first-order valence-corrected chi connectivity index (χ1v) is 9.71. The zero-order valence-corrected chi connectivity index (χ0v) is 17.2. The number of aliphatic hydroxyl groups excluding tert-OH is 1. The van der Waals surface area contributed by atoms with Gasteiger partial charge in [0.1, 0.15) is 17.1 Å². The van der Waals surface area contributed by atoms with Crippen LogP contribution in [0.2, 0.25) is 5.02 Å². The number of carboxylic acid groups (broad SMARTS) is 1. The minimum Gasteiger partial charge on any atom is -0.507 e. The number of aliphatic hydroxyl groups is 1. The molecule has 0 fully saturated rings. The molecule has 1 aromatic heterocycles. The first-order valence-electron chi connectivity index (χ1n) is 9.34. The van der Waals surface area contributed by atoms with Crippen molar-refractivity contribution in [2.24, 2.45) is 5.92 Å². The standard InChI is InChI=1S/C22H21ClFNO5/c1-11(2)17(10-26)25-9-14(22(29)30)21(28)18-16(25)7-6-13(20(18)27)8-12-4-3-5-15(23)19(12)24/h3-7,9,11,17,26-27H,8,10H2,1-2H3,(H,29,30)/t17-/m1/s1. The lowest BCUT2D eigenvalue weighted by Gasteiger charge is -2.25. The summed E-state index contributed by atoms with van der Waals surface area (Å²) in [6.45, 7) is 3.41. The Morgan fingerprint density at radius 1 is 1.20 bits per heavy atom. The van der Waals surface area contributed by atoms with E-state index in [0.717, 1.165) is 0 Å². The van der Waals surface area contributed by atoms with E-state index in [9.17, 15) is 29.3 Å². The Bertz CT molecular complexity index is 1190. The van der Waals surface area contributed by atoms with Crippen LogP contribution in [-0.2, 0) is 6.42 Å². The molecule has 0 aliphatic rings. The summed E-state index contributed by atoms with van der Waals surface area (Å²) in [4.78, 5) is 24.5. The zero-order chi connectivity index (χ0) is 22.2. The fourth-order valence-corrected chi connectivity index (χ4v) is 3.74. The van der Waals surface area contributed by atoms with E-state index in [1.54, 1.807) is 18.2 Å². The van der Waals surface area contributed by atoms with Crippen molar-refractivity contribution in [3.8, 4) is 5.75 Å². The Balaban J connectivity index is 2.29. The fraction of sp³-hybridized carbons (Fsp3) is 0.273. The van der Waals surface area contributed by atoms with Crippen LogP contribution in [0.1, 0.15) is 41.4 Å². The summed E-state index contributed by atoms with van der Waals surface area (Å²) >= 11 is 5.82. The maximum absolute atomic E-state index is 14.3. The molecule has 3 N–H and O–H groups in total. The molecule has 0 radical (unpaired) electrons. The number of carbonyl (C=O) groups is 1. The van der Waals surface area contributed by atoms with Gasteiger partial charge in [0.05, 0.1) is 28.6 Å². The number of phenols is 1. The van der Waals surface area contributed by atoms with Crippen LogP contribution in [0.15, 0.2) is 41.3 Å². The van der Waals surface area contributed by atoms with Crippen molar-refractivity contribution in [3.05, 3.63) is 74.3 Å². The molecule has 8 heteroatoms. The van der Waals surface area contributed by atoms with Gasteiger partial charge >= 0.3 is 5.97 Å². The van der Waals surface area contributed by atoms with Gasteiger partial charge in [0, 0.05) is 12.6 Å².